The van der Waals surface area contributed by atoms with E-state index in [1.807, 2.05) is 0 Å². The van der Waals surface area contributed by atoms with Crippen LogP contribution in [0.3, 0.4) is 0 Å². The normalized spacial score (nSPS) is 25.7. The standard InChI is InChI=1S/C15H22N2OS.ClH/c18-15(6-5-13-3-1-8-16-13)17-9-2-4-14(17)12-7-10-19-11-12;/h7,10-11,13-14,16H,1-6,8-9H2;1H. The number of nitrogens with one attached hydrogen (secondary N) is 1. The number of thiophene rings is 1. The molecule has 2 atom stereocenters. The lowest BCUT2D eigenvalue weighted by Gasteiger charge is -2.25. The van der Waals surface area contributed by atoms with Gasteiger partial charge in [0.2, 0.25) is 5.91 Å². The fourth-order valence-electron chi connectivity index (χ4n) is 3.32. The maximum atomic E-state index is 12.4. The van der Waals surface area contributed by atoms with Crippen LogP contribution in [0.2, 0.25) is 0 Å². The van der Waals surface area contributed by atoms with Gasteiger partial charge in [-0.05, 0) is 61.0 Å². The van der Waals surface area contributed by atoms with Crippen LogP contribution in [-0.2, 0) is 4.79 Å². The van der Waals surface area contributed by atoms with E-state index in [0.29, 0.717) is 24.4 Å². The minimum absolute atomic E-state index is 0. The largest absolute Gasteiger partial charge is 0.336 e. The molecule has 5 heteroatoms. The summed E-state index contributed by atoms with van der Waals surface area (Å²) in [5.41, 5.74) is 1.33. The van der Waals surface area contributed by atoms with Crippen molar-refractivity contribution in [2.45, 2.75) is 50.6 Å². The number of nitrogens with zero attached hydrogens (tertiary/aromatic N) is 1. The Kier molecular flexibility index (Phi) is 5.87. The molecule has 3 heterocycles. The molecule has 0 saturated carbocycles. The van der Waals surface area contributed by atoms with Crippen LogP contribution >= 0.6 is 23.7 Å². The molecule has 1 amide bonds. The van der Waals surface area contributed by atoms with E-state index in [4.69, 9.17) is 0 Å². The molecule has 2 unspecified atom stereocenters. The van der Waals surface area contributed by atoms with Gasteiger partial charge in [-0.25, -0.2) is 0 Å². The summed E-state index contributed by atoms with van der Waals surface area (Å²) in [5, 5.41) is 7.77. The van der Waals surface area contributed by atoms with Crippen LogP contribution in [0.4, 0.5) is 0 Å². The van der Waals surface area contributed by atoms with Crippen LogP contribution in [0, 0.1) is 0 Å². The minimum Gasteiger partial charge on any atom is -0.336 e. The Balaban J connectivity index is 0.00000147. The van der Waals surface area contributed by atoms with E-state index >= 15 is 0 Å². The van der Waals surface area contributed by atoms with Crippen LogP contribution in [0.25, 0.3) is 0 Å². The van der Waals surface area contributed by atoms with Crippen LogP contribution in [0.15, 0.2) is 16.8 Å². The van der Waals surface area contributed by atoms with Gasteiger partial charge in [-0.15, -0.1) is 12.4 Å². The van der Waals surface area contributed by atoms with E-state index in [-0.39, 0.29) is 12.4 Å². The van der Waals surface area contributed by atoms with Crippen LogP contribution in [-0.4, -0.2) is 29.9 Å². The quantitative estimate of drug-likeness (QED) is 0.924. The maximum Gasteiger partial charge on any atom is 0.223 e. The molecule has 1 aromatic heterocycles. The number of hydrogen-bond acceptors (Lipinski definition) is 3. The van der Waals surface area contributed by atoms with Crippen molar-refractivity contribution in [3.63, 3.8) is 0 Å². The molecule has 2 fully saturated rings. The molecule has 0 bridgehead atoms. The van der Waals surface area contributed by atoms with E-state index in [1.165, 1.54) is 18.4 Å². The molecule has 112 valence electrons. The van der Waals surface area contributed by atoms with Gasteiger partial charge in [0.1, 0.15) is 0 Å². The second-order valence-electron chi connectivity index (χ2n) is 5.63. The number of carbonyl (C=O) groups excluding carboxylic acids is 1. The van der Waals surface area contributed by atoms with Crippen molar-refractivity contribution in [3.8, 4) is 0 Å². The molecule has 20 heavy (non-hydrogen) atoms. The fraction of sp³-hybridized carbons (Fsp3) is 0.667. The molecule has 0 radical (unpaired) electrons. The Morgan fingerprint density at radius 1 is 1.40 bits per heavy atom. The summed E-state index contributed by atoms with van der Waals surface area (Å²) < 4.78 is 0. The third kappa shape index (κ3) is 3.54. The predicted molar refractivity (Wildman–Crippen MR) is 85.5 cm³/mol. The fourth-order valence-corrected chi connectivity index (χ4v) is 4.03. The summed E-state index contributed by atoms with van der Waals surface area (Å²) >= 11 is 1.73. The molecule has 1 N–H and O–H groups in total. The van der Waals surface area contributed by atoms with E-state index < -0.39 is 0 Å². The van der Waals surface area contributed by atoms with Gasteiger partial charge in [-0.2, -0.15) is 11.3 Å². The van der Waals surface area contributed by atoms with Gasteiger partial charge in [0.15, 0.2) is 0 Å². The smallest absolute Gasteiger partial charge is 0.223 e. The number of rotatable bonds is 4. The van der Waals surface area contributed by atoms with Crippen molar-refractivity contribution in [1.29, 1.82) is 0 Å². The van der Waals surface area contributed by atoms with Crippen molar-refractivity contribution in [3.05, 3.63) is 22.4 Å². The molecule has 3 nitrogen and oxygen atoms in total. The Bertz CT molecular complexity index is 418. The summed E-state index contributed by atoms with van der Waals surface area (Å²) in [7, 11) is 0. The van der Waals surface area contributed by atoms with E-state index in [2.05, 4.69) is 27.0 Å². The van der Waals surface area contributed by atoms with Crippen LogP contribution in [0.1, 0.15) is 50.1 Å². The first-order valence-corrected chi connectivity index (χ1v) is 8.34. The monoisotopic (exact) mass is 314 g/mol. The Morgan fingerprint density at radius 3 is 3.00 bits per heavy atom. The van der Waals surface area contributed by atoms with Gasteiger partial charge in [-0.1, -0.05) is 0 Å². The van der Waals surface area contributed by atoms with Crippen molar-refractivity contribution in [2.75, 3.05) is 13.1 Å². The summed E-state index contributed by atoms with van der Waals surface area (Å²) in [5.74, 6) is 0.349. The molecule has 0 aromatic carbocycles. The molecule has 0 aliphatic carbocycles. The summed E-state index contributed by atoms with van der Waals surface area (Å²) in [6.45, 7) is 2.07. The SMILES string of the molecule is Cl.O=C(CCC1CCCN1)N1CCCC1c1ccsc1. The van der Waals surface area contributed by atoms with Gasteiger partial charge < -0.3 is 10.2 Å². The lowest BCUT2D eigenvalue weighted by molar-refractivity contribution is -0.132. The van der Waals surface area contributed by atoms with Crippen molar-refractivity contribution >= 4 is 29.7 Å². The van der Waals surface area contributed by atoms with E-state index in [9.17, 15) is 4.79 Å². The zero-order valence-corrected chi connectivity index (χ0v) is 13.3. The van der Waals surface area contributed by atoms with Gasteiger partial charge in [0.25, 0.3) is 0 Å². The topological polar surface area (TPSA) is 32.3 Å². The number of halogens is 1. The number of likely N-dealkylation sites (tertiary alicyclic amines) is 1. The molecule has 1 aromatic rings. The van der Waals surface area contributed by atoms with Gasteiger partial charge >= 0.3 is 0 Å². The highest BCUT2D eigenvalue weighted by Crippen LogP contribution is 2.33. The number of carbonyl (C=O) groups is 1. The molecule has 3 rings (SSSR count). The van der Waals surface area contributed by atoms with Gasteiger partial charge in [0.05, 0.1) is 6.04 Å². The average molecular weight is 315 g/mol. The highest BCUT2D eigenvalue weighted by atomic mass is 35.5. The molecule has 2 aliphatic rings. The van der Waals surface area contributed by atoms with E-state index in [0.717, 1.165) is 32.4 Å². The van der Waals surface area contributed by atoms with Crippen molar-refractivity contribution in [1.82, 2.24) is 10.2 Å². The average Bonchev–Trinajstić information content (AvgIpc) is 3.14. The Morgan fingerprint density at radius 2 is 2.30 bits per heavy atom. The first kappa shape index (κ1) is 15.8. The summed E-state index contributed by atoms with van der Waals surface area (Å²) in [6, 6.07) is 3.08. The molecule has 0 spiro atoms. The van der Waals surface area contributed by atoms with Gasteiger partial charge in [-0.3, -0.25) is 4.79 Å². The highest BCUT2D eigenvalue weighted by Gasteiger charge is 2.30. The molecule has 2 saturated heterocycles. The zero-order chi connectivity index (χ0) is 13.1. The highest BCUT2D eigenvalue weighted by molar-refractivity contribution is 7.07. The summed E-state index contributed by atoms with van der Waals surface area (Å²) in [6.07, 6.45) is 6.49. The second-order valence-corrected chi connectivity index (χ2v) is 6.41. The number of amides is 1. The Labute approximate surface area is 131 Å². The van der Waals surface area contributed by atoms with Crippen molar-refractivity contribution in [2.24, 2.45) is 0 Å². The van der Waals surface area contributed by atoms with Crippen molar-refractivity contribution < 1.29 is 4.79 Å². The Hall–Kier alpha value is -0.580. The third-order valence-electron chi connectivity index (χ3n) is 4.37. The van der Waals surface area contributed by atoms with Crippen LogP contribution in [0.5, 0.6) is 0 Å². The third-order valence-corrected chi connectivity index (χ3v) is 5.07. The molecule has 2 aliphatic heterocycles. The maximum absolute atomic E-state index is 12.4. The lowest BCUT2D eigenvalue weighted by Crippen LogP contribution is -2.32. The zero-order valence-electron chi connectivity index (χ0n) is 11.7. The first-order valence-electron chi connectivity index (χ1n) is 7.39. The predicted octanol–water partition coefficient (Wildman–Crippen LogP) is 3.37. The van der Waals surface area contributed by atoms with E-state index in [1.54, 1.807) is 11.3 Å². The molecular weight excluding hydrogens is 292 g/mol. The van der Waals surface area contributed by atoms with Gasteiger partial charge in [0, 0.05) is 19.0 Å². The summed E-state index contributed by atoms with van der Waals surface area (Å²) in [4.78, 5) is 14.5. The molecular formula is C15H23ClN2OS. The first-order chi connectivity index (χ1) is 9.34. The number of hydrogen-bond donors (Lipinski definition) is 1. The minimum atomic E-state index is 0. The van der Waals surface area contributed by atoms with Crippen LogP contribution < -0.4 is 5.32 Å². The second kappa shape index (κ2) is 7.43. The lowest BCUT2D eigenvalue weighted by atomic mass is 10.1.